The summed E-state index contributed by atoms with van der Waals surface area (Å²) in [6.07, 6.45) is 15.1. The number of aromatic nitrogens is 4. The van der Waals surface area contributed by atoms with Gasteiger partial charge in [0.1, 0.15) is 29.6 Å². The van der Waals surface area contributed by atoms with Crippen LogP contribution in [0.5, 0.6) is 0 Å². The number of aliphatic imine (C=N–C) groups is 2. The lowest BCUT2D eigenvalue weighted by atomic mass is 10.0. The Morgan fingerprint density at radius 3 is 2.80 bits per heavy atom. The Bertz CT molecular complexity index is 1090. The lowest BCUT2D eigenvalue weighted by molar-refractivity contribution is 0.534. The summed E-state index contributed by atoms with van der Waals surface area (Å²) in [4.78, 5) is 25.6. The summed E-state index contributed by atoms with van der Waals surface area (Å²) in [5.41, 5.74) is 7.97. The highest BCUT2D eigenvalue weighted by molar-refractivity contribution is 6.09. The monoisotopic (exact) mass is 403 g/mol. The van der Waals surface area contributed by atoms with Crippen LogP contribution in [0.1, 0.15) is 44.9 Å². The average Bonchev–Trinajstić information content (AvgIpc) is 3.17. The van der Waals surface area contributed by atoms with E-state index in [2.05, 4.69) is 32.1 Å². The standard InChI is InChI=1S/C21H25N9/c1-13-8-21(13)19(22)27-16-11-26-20(28-18(16)30(21)15-4-2-3-5-15)29-7-6-25-17(29)14-9-23-12-24-10-14/h6-7,9-11,13,15,23H,2-5,8,12H2,1H3,(H2,22,27)/t13-,21-/m0/s1. The second kappa shape index (κ2) is 6.38. The van der Waals surface area contributed by atoms with E-state index < -0.39 is 0 Å². The highest BCUT2D eigenvalue weighted by Crippen LogP contribution is 2.56. The van der Waals surface area contributed by atoms with E-state index in [-0.39, 0.29) is 5.54 Å². The van der Waals surface area contributed by atoms with Gasteiger partial charge in [0, 0.05) is 30.9 Å². The maximum Gasteiger partial charge on any atom is 0.237 e. The number of hydrogen-bond donors (Lipinski definition) is 2. The van der Waals surface area contributed by atoms with Crippen molar-refractivity contribution in [3.8, 4) is 5.95 Å². The second-order valence-electron chi connectivity index (χ2n) is 8.61. The first-order valence-electron chi connectivity index (χ1n) is 10.7. The number of nitrogens with two attached hydrogens (primary N) is 1. The molecule has 2 aliphatic carbocycles. The van der Waals surface area contributed by atoms with Gasteiger partial charge in [-0.3, -0.25) is 9.56 Å². The first kappa shape index (κ1) is 17.6. The molecule has 2 aromatic heterocycles. The second-order valence-corrected chi connectivity index (χ2v) is 8.61. The van der Waals surface area contributed by atoms with Crippen molar-refractivity contribution < 1.29 is 0 Å². The van der Waals surface area contributed by atoms with Crippen molar-refractivity contribution >= 4 is 29.1 Å². The molecule has 9 nitrogen and oxygen atoms in total. The maximum absolute atomic E-state index is 6.50. The molecule has 2 aliphatic heterocycles. The summed E-state index contributed by atoms with van der Waals surface area (Å²) in [5.74, 6) is 3.43. The molecule has 1 spiro atoms. The normalized spacial score (nSPS) is 27.6. The number of imidazole rings is 1. The predicted molar refractivity (Wildman–Crippen MR) is 116 cm³/mol. The average molecular weight is 403 g/mol. The highest BCUT2D eigenvalue weighted by Gasteiger charge is 2.62. The third kappa shape index (κ3) is 2.44. The van der Waals surface area contributed by atoms with Gasteiger partial charge < -0.3 is 16.0 Å². The van der Waals surface area contributed by atoms with Crippen molar-refractivity contribution in [3.05, 3.63) is 30.6 Å². The van der Waals surface area contributed by atoms with Crippen LogP contribution in [-0.2, 0) is 0 Å². The van der Waals surface area contributed by atoms with Crippen molar-refractivity contribution in [1.29, 1.82) is 0 Å². The number of nitrogens with zero attached hydrogens (tertiary/aromatic N) is 7. The van der Waals surface area contributed by atoms with E-state index in [9.17, 15) is 0 Å². The van der Waals surface area contributed by atoms with Gasteiger partial charge in [0.2, 0.25) is 5.95 Å². The van der Waals surface area contributed by atoms with E-state index in [1.54, 1.807) is 12.4 Å². The van der Waals surface area contributed by atoms with Gasteiger partial charge in [-0.15, -0.1) is 0 Å². The molecule has 0 aromatic carbocycles. The number of nitrogens with one attached hydrogen (secondary N) is 1. The Morgan fingerprint density at radius 2 is 2.07 bits per heavy atom. The minimum absolute atomic E-state index is 0.187. The molecule has 0 amide bonds. The lowest BCUT2D eigenvalue weighted by Gasteiger charge is -2.41. The van der Waals surface area contributed by atoms with Crippen molar-refractivity contribution in [2.24, 2.45) is 21.6 Å². The number of allylic oxidation sites excluding steroid dienone is 1. The highest BCUT2D eigenvalue weighted by atomic mass is 15.4. The molecule has 9 heteroatoms. The Labute approximate surface area is 174 Å². The summed E-state index contributed by atoms with van der Waals surface area (Å²) < 4.78 is 1.91. The number of rotatable bonds is 3. The molecule has 154 valence electrons. The SMILES string of the molecule is C[C@H]1C[C@@]12C(N)=Nc1cnc(-n3ccnc3C3=CNCN=C3)nc1N2C1CCCC1. The third-order valence-corrected chi connectivity index (χ3v) is 6.83. The molecule has 6 rings (SSSR count). The fourth-order valence-corrected chi connectivity index (χ4v) is 5.22. The first-order valence-corrected chi connectivity index (χ1v) is 10.7. The topological polar surface area (TPSA) is 110 Å². The van der Waals surface area contributed by atoms with Crippen LogP contribution in [0, 0.1) is 5.92 Å². The van der Waals surface area contributed by atoms with Gasteiger partial charge in [-0.25, -0.2) is 15.0 Å². The quantitative estimate of drug-likeness (QED) is 0.813. The molecule has 0 radical (unpaired) electrons. The van der Waals surface area contributed by atoms with Gasteiger partial charge in [-0.1, -0.05) is 19.8 Å². The van der Waals surface area contributed by atoms with E-state index in [1.807, 2.05) is 23.2 Å². The Morgan fingerprint density at radius 1 is 1.23 bits per heavy atom. The van der Waals surface area contributed by atoms with Crippen LogP contribution in [0.15, 0.2) is 34.8 Å². The first-order chi connectivity index (χ1) is 14.7. The van der Waals surface area contributed by atoms with E-state index in [4.69, 9.17) is 15.7 Å². The smallest absolute Gasteiger partial charge is 0.237 e. The number of amidine groups is 1. The minimum atomic E-state index is -0.187. The van der Waals surface area contributed by atoms with Crippen LogP contribution in [0.25, 0.3) is 11.5 Å². The van der Waals surface area contributed by atoms with E-state index in [0.29, 0.717) is 30.4 Å². The molecule has 4 aliphatic rings. The zero-order chi connectivity index (χ0) is 20.3. The van der Waals surface area contributed by atoms with E-state index >= 15 is 0 Å². The van der Waals surface area contributed by atoms with Gasteiger partial charge in [0.05, 0.1) is 11.8 Å². The molecule has 3 N–H and O–H groups in total. The minimum Gasteiger partial charge on any atom is -0.385 e. The summed E-state index contributed by atoms with van der Waals surface area (Å²) in [7, 11) is 0. The van der Waals surface area contributed by atoms with Gasteiger partial charge in [0.15, 0.2) is 5.82 Å². The Balaban J connectivity index is 1.47. The van der Waals surface area contributed by atoms with Crippen LogP contribution in [-0.4, -0.2) is 49.8 Å². The fourth-order valence-electron chi connectivity index (χ4n) is 5.22. The maximum atomic E-state index is 6.50. The molecule has 2 aromatic rings. The molecule has 4 heterocycles. The van der Waals surface area contributed by atoms with Gasteiger partial charge in [-0.2, -0.15) is 4.98 Å². The van der Waals surface area contributed by atoms with Gasteiger partial charge in [0.25, 0.3) is 0 Å². The number of fused-ring (bicyclic) bond motifs is 1. The molecule has 2 saturated carbocycles. The summed E-state index contributed by atoms with van der Waals surface area (Å²) in [5, 5.41) is 3.13. The van der Waals surface area contributed by atoms with Crippen molar-refractivity contribution in [3.63, 3.8) is 0 Å². The van der Waals surface area contributed by atoms with Crippen LogP contribution in [0.4, 0.5) is 11.5 Å². The molecular formula is C21H25N9. The van der Waals surface area contributed by atoms with Crippen molar-refractivity contribution in [2.75, 3.05) is 11.6 Å². The van der Waals surface area contributed by atoms with Crippen molar-refractivity contribution in [2.45, 2.75) is 50.6 Å². The number of hydrogen-bond acceptors (Lipinski definition) is 8. The Hall–Kier alpha value is -3.23. The molecule has 2 atom stereocenters. The third-order valence-electron chi connectivity index (χ3n) is 6.83. The molecule has 0 bridgehead atoms. The molecule has 0 unspecified atom stereocenters. The zero-order valence-corrected chi connectivity index (χ0v) is 17.0. The predicted octanol–water partition coefficient (Wildman–Crippen LogP) is 2.16. The summed E-state index contributed by atoms with van der Waals surface area (Å²) in [6.45, 7) is 2.84. The van der Waals surface area contributed by atoms with Gasteiger partial charge >= 0.3 is 0 Å². The fraction of sp³-hybridized carbons (Fsp3) is 0.476. The zero-order valence-electron chi connectivity index (χ0n) is 17.0. The summed E-state index contributed by atoms with van der Waals surface area (Å²) in [6, 6.07) is 0.449. The van der Waals surface area contributed by atoms with Crippen molar-refractivity contribution in [1.82, 2.24) is 24.8 Å². The van der Waals surface area contributed by atoms with Crippen LogP contribution in [0.2, 0.25) is 0 Å². The van der Waals surface area contributed by atoms with E-state index in [0.717, 1.165) is 29.3 Å². The molecule has 30 heavy (non-hydrogen) atoms. The molecule has 0 saturated heterocycles. The van der Waals surface area contributed by atoms with E-state index in [1.165, 1.54) is 25.7 Å². The van der Waals surface area contributed by atoms with Crippen LogP contribution < -0.4 is 16.0 Å². The van der Waals surface area contributed by atoms with Gasteiger partial charge in [-0.05, 0) is 25.2 Å². The van der Waals surface area contributed by atoms with Crippen LogP contribution in [0.3, 0.4) is 0 Å². The molecular weight excluding hydrogens is 378 g/mol. The number of anilines is 1. The molecule has 2 fully saturated rings. The lowest BCUT2D eigenvalue weighted by Crippen LogP contribution is -2.55. The van der Waals surface area contributed by atoms with Crippen LogP contribution >= 0.6 is 0 Å². The largest absolute Gasteiger partial charge is 0.385 e. The summed E-state index contributed by atoms with van der Waals surface area (Å²) >= 11 is 0. The Kier molecular flexibility index (Phi) is 3.75.